The lowest BCUT2D eigenvalue weighted by molar-refractivity contribution is -0.115. The van der Waals surface area contributed by atoms with Gasteiger partial charge in [-0.2, -0.15) is 5.26 Å². The van der Waals surface area contributed by atoms with E-state index in [0.717, 1.165) is 0 Å². The van der Waals surface area contributed by atoms with Gasteiger partial charge in [0.1, 0.15) is 12.2 Å². The fourth-order valence-electron chi connectivity index (χ4n) is 1.98. The number of hydrogen-bond acceptors (Lipinski definition) is 4. The number of rotatable bonds is 5. The molecule has 2 aromatic rings. The maximum Gasteiger partial charge on any atom is 0.259 e. The van der Waals surface area contributed by atoms with Crippen molar-refractivity contribution in [3.8, 4) is 11.8 Å². The molecule has 6 heteroatoms. The number of carbonyl (C=O) groups excluding carboxylic acids is 2. The number of para-hydroxylation sites is 1. The molecule has 0 saturated carbocycles. The van der Waals surface area contributed by atoms with Crippen LogP contribution in [0.3, 0.4) is 0 Å². The van der Waals surface area contributed by atoms with Crippen molar-refractivity contribution in [2.45, 2.75) is 6.42 Å². The van der Waals surface area contributed by atoms with Crippen LogP contribution in [0.4, 0.5) is 11.4 Å². The molecule has 0 atom stereocenters. The number of ether oxygens (including phenoxy) is 1. The van der Waals surface area contributed by atoms with Gasteiger partial charge in [-0.05, 0) is 30.3 Å². The monoisotopic (exact) mass is 309 g/mol. The standard InChI is InChI=1S/C17H15N3O3/c1-23-15-8-3-2-7-14(15)17(22)20-13-6-4-5-12(11-13)19-16(21)9-10-18/h2-8,11H,9H2,1H3,(H,19,21)(H,20,22). The minimum atomic E-state index is -0.402. The van der Waals surface area contributed by atoms with Crippen LogP contribution in [-0.4, -0.2) is 18.9 Å². The van der Waals surface area contributed by atoms with Crippen LogP contribution in [0.25, 0.3) is 0 Å². The van der Waals surface area contributed by atoms with Crippen molar-refractivity contribution in [1.82, 2.24) is 0 Å². The van der Waals surface area contributed by atoms with E-state index in [-0.39, 0.29) is 12.3 Å². The van der Waals surface area contributed by atoms with Gasteiger partial charge in [-0.3, -0.25) is 9.59 Å². The van der Waals surface area contributed by atoms with Crippen LogP contribution >= 0.6 is 0 Å². The van der Waals surface area contributed by atoms with Crippen LogP contribution < -0.4 is 15.4 Å². The van der Waals surface area contributed by atoms with E-state index in [4.69, 9.17) is 10.00 Å². The molecule has 0 saturated heterocycles. The smallest absolute Gasteiger partial charge is 0.259 e. The second-order valence-corrected chi connectivity index (χ2v) is 4.62. The fourth-order valence-corrected chi connectivity index (χ4v) is 1.98. The Morgan fingerprint density at radius 1 is 1.09 bits per heavy atom. The molecule has 116 valence electrons. The third kappa shape index (κ3) is 4.32. The Labute approximate surface area is 133 Å². The van der Waals surface area contributed by atoms with Gasteiger partial charge in [0.25, 0.3) is 5.91 Å². The summed E-state index contributed by atoms with van der Waals surface area (Å²) >= 11 is 0. The maximum atomic E-state index is 12.3. The number of amides is 2. The zero-order valence-corrected chi connectivity index (χ0v) is 12.5. The minimum Gasteiger partial charge on any atom is -0.496 e. The average Bonchev–Trinajstić information content (AvgIpc) is 2.55. The third-order valence-electron chi connectivity index (χ3n) is 3.00. The molecule has 0 bridgehead atoms. The summed E-state index contributed by atoms with van der Waals surface area (Å²) in [6.07, 6.45) is -0.224. The average molecular weight is 309 g/mol. The van der Waals surface area contributed by atoms with Crippen molar-refractivity contribution in [3.05, 3.63) is 54.1 Å². The highest BCUT2D eigenvalue weighted by atomic mass is 16.5. The Morgan fingerprint density at radius 3 is 2.48 bits per heavy atom. The van der Waals surface area contributed by atoms with Gasteiger partial charge in [-0.15, -0.1) is 0 Å². The summed E-state index contributed by atoms with van der Waals surface area (Å²) in [4.78, 5) is 23.7. The van der Waals surface area contributed by atoms with Crippen molar-refractivity contribution >= 4 is 23.2 Å². The zero-order chi connectivity index (χ0) is 16.7. The Balaban J connectivity index is 2.12. The topological polar surface area (TPSA) is 91.2 Å². The molecule has 0 aliphatic heterocycles. The molecule has 0 radical (unpaired) electrons. The van der Waals surface area contributed by atoms with Gasteiger partial charge in [0.15, 0.2) is 0 Å². The summed E-state index contributed by atoms with van der Waals surface area (Å²) in [5.74, 6) is -0.243. The Hall–Kier alpha value is -3.33. The number of hydrogen-bond donors (Lipinski definition) is 2. The summed E-state index contributed by atoms with van der Waals surface area (Å²) < 4.78 is 5.16. The Morgan fingerprint density at radius 2 is 1.78 bits per heavy atom. The van der Waals surface area contributed by atoms with Crippen molar-refractivity contribution in [2.24, 2.45) is 0 Å². The molecular formula is C17H15N3O3. The van der Waals surface area contributed by atoms with E-state index < -0.39 is 5.91 Å². The van der Waals surface area contributed by atoms with Crippen LogP contribution in [0.15, 0.2) is 48.5 Å². The molecule has 2 N–H and O–H groups in total. The summed E-state index contributed by atoms with van der Waals surface area (Å²) in [7, 11) is 1.50. The second-order valence-electron chi connectivity index (χ2n) is 4.62. The quantitative estimate of drug-likeness (QED) is 0.888. The van der Waals surface area contributed by atoms with Gasteiger partial charge < -0.3 is 15.4 Å². The van der Waals surface area contributed by atoms with Gasteiger partial charge in [0, 0.05) is 11.4 Å². The zero-order valence-electron chi connectivity index (χ0n) is 12.5. The molecule has 0 fully saturated rings. The number of nitrogens with zero attached hydrogens (tertiary/aromatic N) is 1. The number of nitrogens with one attached hydrogen (secondary N) is 2. The first-order valence-electron chi connectivity index (χ1n) is 6.85. The van der Waals surface area contributed by atoms with E-state index in [1.807, 2.05) is 0 Å². The van der Waals surface area contributed by atoms with E-state index in [1.165, 1.54) is 7.11 Å². The lowest BCUT2D eigenvalue weighted by atomic mass is 10.2. The first kappa shape index (κ1) is 16.0. The van der Waals surface area contributed by atoms with E-state index in [2.05, 4.69) is 10.6 Å². The predicted molar refractivity (Wildman–Crippen MR) is 86.2 cm³/mol. The predicted octanol–water partition coefficient (Wildman–Crippen LogP) is 2.80. The molecule has 6 nitrogen and oxygen atoms in total. The fraction of sp³-hybridized carbons (Fsp3) is 0.118. The second kappa shape index (κ2) is 7.61. The highest BCUT2D eigenvalue weighted by Crippen LogP contribution is 2.20. The van der Waals surface area contributed by atoms with Crippen LogP contribution in [0.2, 0.25) is 0 Å². The Kier molecular flexibility index (Phi) is 5.31. The van der Waals surface area contributed by atoms with Crippen LogP contribution in [0.5, 0.6) is 5.75 Å². The van der Waals surface area contributed by atoms with Gasteiger partial charge in [-0.25, -0.2) is 0 Å². The number of anilines is 2. The van der Waals surface area contributed by atoms with E-state index in [0.29, 0.717) is 22.7 Å². The third-order valence-corrected chi connectivity index (χ3v) is 3.00. The molecule has 0 aliphatic rings. The lowest BCUT2D eigenvalue weighted by Crippen LogP contribution is -2.14. The van der Waals surface area contributed by atoms with Crippen LogP contribution in [0.1, 0.15) is 16.8 Å². The number of methoxy groups -OCH3 is 1. The molecular weight excluding hydrogens is 294 g/mol. The first-order chi connectivity index (χ1) is 11.1. The maximum absolute atomic E-state index is 12.3. The number of carbonyl (C=O) groups is 2. The highest BCUT2D eigenvalue weighted by Gasteiger charge is 2.12. The molecule has 0 aliphatic carbocycles. The number of benzene rings is 2. The van der Waals surface area contributed by atoms with E-state index in [1.54, 1.807) is 54.6 Å². The molecule has 0 aromatic heterocycles. The highest BCUT2D eigenvalue weighted by molar-refractivity contribution is 6.06. The van der Waals surface area contributed by atoms with E-state index >= 15 is 0 Å². The molecule has 0 heterocycles. The van der Waals surface area contributed by atoms with Crippen molar-refractivity contribution in [1.29, 1.82) is 5.26 Å². The largest absolute Gasteiger partial charge is 0.496 e. The van der Waals surface area contributed by atoms with Gasteiger partial charge in [-0.1, -0.05) is 18.2 Å². The summed E-state index contributed by atoms with van der Waals surface area (Å²) in [6, 6.07) is 15.3. The van der Waals surface area contributed by atoms with Crippen molar-refractivity contribution in [2.75, 3.05) is 17.7 Å². The SMILES string of the molecule is COc1ccccc1C(=O)Nc1cccc(NC(=O)CC#N)c1. The normalized spacial score (nSPS) is 9.57. The van der Waals surface area contributed by atoms with Crippen molar-refractivity contribution < 1.29 is 14.3 Å². The van der Waals surface area contributed by atoms with Gasteiger partial charge in [0.05, 0.1) is 18.7 Å². The summed E-state index contributed by atoms with van der Waals surface area (Å²) in [5.41, 5.74) is 1.44. The Bertz CT molecular complexity index is 766. The molecule has 23 heavy (non-hydrogen) atoms. The van der Waals surface area contributed by atoms with E-state index in [9.17, 15) is 9.59 Å². The van der Waals surface area contributed by atoms with Crippen LogP contribution in [-0.2, 0) is 4.79 Å². The lowest BCUT2D eigenvalue weighted by Gasteiger charge is -2.10. The molecule has 0 unspecified atom stereocenters. The molecule has 2 aromatic carbocycles. The van der Waals surface area contributed by atoms with Gasteiger partial charge in [0.2, 0.25) is 5.91 Å². The molecule has 2 rings (SSSR count). The summed E-state index contributed by atoms with van der Waals surface area (Å²) in [6.45, 7) is 0. The van der Waals surface area contributed by atoms with Crippen molar-refractivity contribution in [3.63, 3.8) is 0 Å². The van der Waals surface area contributed by atoms with Crippen LogP contribution in [0, 0.1) is 11.3 Å². The molecule has 0 spiro atoms. The first-order valence-corrected chi connectivity index (χ1v) is 6.85. The number of nitriles is 1. The summed E-state index contributed by atoms with van der Waals surface area (Å²) in [5, 5.41) is 13.8. The van der Waals surface area contributed by atoms with Gasteiger partial charge >= 0.3 is 0 Å². The molecule has 2 amide bonds. The minimum absolute atomic E-state index is 0.224.